The van der Waals surface area contributed by atoms with Crippen molar-refractivity contribution >= 4 is 0 Å². The first-order chi connectivity index (χ1) is 19.8. The third-order valence-corrected chi connectivity index (χ3v) is 7.91. The Hall–Kier alpha value is -3.32. The maximum Gasteiger partial charge on any atom is 0.119 e. The summed E-state index contributed by atoms with van der Waals surface area (Å²) in [6.45, 7) is 3.10. The van der Waals surface area contributed by atoms with Gasteiger partial charge in [0.2, 0.25) is 0 Å². The summed E-state index contributed by atoms with van der Waals surface area (Å²) in [6.07, 6.45) is 17.9. The smallest absolute Gasteiger partial charge is 0.119 e. The van der Waals surface area contributed by atoms with Crippen LogP contribution in [0.2, 0.25) is 0 Å². The largest absolute Gasteiger partial charge is 0.494 e. The highest BCUT2D eigenvalue weighted by Gasteiger charge is 2.03. The van der Waals surface area contributed by atoms with Gasteiger partial charge in [-0.3, -0.25) is 0 Å². The minimum absolute atomic E-state index is 0.814. The highest BCUT2D eigenvalue weighted by Crippen LogP contribution is 2.28. The van der Waals surface area contributed by atoms with Crippen LogP contribution in [0.3, 0.4) is 0 Å². The Labute approximate surface area is 243 Å². The summed E-state index contributed by atoms with van der Waals surface area (Å²) in [5, 5.41) is 0. The second kappa shape index (κ2) is 17.4. The summed E-state index contributed by atoms with van der Waals surface area (Å²) in [5.41, 5.74) is 7.43. The average molecular weight is 533 g/mol. The Balaban J connectivity index is 1.11. The number of ether oxygens (including phenoxy) is 1. The molecule has 0 N–H and O–H groups in total. The molecule has 0 aromatic heterocycles. The van der Waals surface area contributed by atoms with Gasteiger partial charge in [-0.25, -0.2) is 0 Å². The van der Waals surface area contributed by atoms with Gasteiger partial charge < -0.3 is 4.74 Å². The van der Waals surface area contributed by atoms with E-state index >= 15 is 0 Å². The number of unbranched alkanes of at least 4 members (excludes halogenated alkanes) is 12. The van der Waals surface area contributed by atoms with E-state index in [0.29, 0.717) is 0 Å². The van der Waals surface area contributed by atoms with Gasteiger partial charge in [0.05, 0.1) is 6.61 Å². The van der Waals surface area contributed by atoms with E-state index in [-0.39, 0.29) is 0 Å². The first kappa shape index (κ1) is 29.7. The Morgan fingerprint density at radius 3 is 1.07 bits per heavy atom. The molecular formula is C39H48O. The number of rotatable bonds is 18. The van der Waals surface area contributed by atoms with Crippen molar-refractivity contribution in [1.82, 2.24) is 0 Å². The lowest BCUT2D eigenvalue weighted by Gasteiger charge is -2.09. The maximum absolute atomic E-state index is 6.02. The maximum atomic E-state index is 6.02. The molecule has 0 spiro atoms. The van der Waals surface area contributed by atoms with E-state index in [2.05, 4.69) is 110 Å². The molecule has 0 aliphatic rings. The summed E-state index contributed by atoms with van der Waals surface area (Å²) in [4.78, 5) is 0. The Bertz CT molecular complexity index is 1190. The number of hydrogen-bond acceptors (Lipinski definition) is 1. The number of benzene rings is 4. The van der Waals surface area contributed by atoms with Gasteiger partial charge in [-0.15, -0.1) is 0 Å². The van der Waals surface area contributed by atoms with E-state index in [0.717, 1.165) is 18.8 Å². The third kappa shape index (κ3) is 10.0. The lowest BCUT2D eigenvalue weighted by molar-refractivity contribution is 0.304. The predicted octanol–water partition coefficient (Wildman–Crippen LogP) is 12.2. The van der Waals surface area contributed by atoms with Crippen LogP contribution in [0.1, 0.15) is 90.4 Å². The van der Waals surface area contributed by atoms with Crippen LogP contribution in [0, 0.1) is 0 Å². The Morgan fingerprint density at radius 2 is 0.675 bits per heavy atom. The molecule has 40 heavy (non-hydrogen) atoms. The van der Waals surface area contributed by atoms with Crippen molar-refractivity contribution in [1.29, 1.82) is 0 Å². The summed E-state index contributed by atoms with van der Waals surface area (Å²) >= 11 is 0. The summed E-state index contributed by atoms with van der Waals surface area (Å²) in [7, 11) is 0. The second-order valence-electron chi connectivity index (χ2n) is 11.1. The highest BCUT2D eigenvalue weighted by atomic mass is 16.5. The minimum Gasteiger partial charge on any atom is -0.494 e. The predicted molar refractivity (Wildman–Crippen MR) is 174 cm³/mol. The highest BCUT2D eigenvalue weighted by molar-refractivity contribution is 5.73. The summed E-state index contributed by atoms with van der Waals surface area (Å²) < 4.78 is 6.02. The fourth-order valence-corrected chi connectivity index (χ4v) is 5.39. The fraction of sp³-hybridized carbons (Fsp3) is 0.385. The van der Waals surface area contributed by atoms with Crippen molar-refractivity contribution < 1.29 is 4.74 Å². The zero-order valence-corrected chi connectivity index (χ0v) is 24.6. The first-order valence-electron chi connectivity index (χ1n) is 15.8. The van der Waals surface area contributed by atoms with Crippen LogP contribution in [0.5, 0.6) is 5.75 Å². The van der Waals surface area contributed by atoms with Crippen molar-refractivity contribution in [2.45, 2.75) is 90.4 Å². The van der Waals surface area contributed by atoms with Crippen LogP contribution in [-0.2, 0) is 0 Å². The zero-order valence-electron chi connectivity index (χ0n) is 24.6. The van der Waals surface area contributed by atoms with Gasteiger partial charge in [0.25, 0.3) is 0 Å². The van der Waals surface area contributed by atoms with Crippen LogP contribution in [0.15, 0.2) is 103 Å². The van der Waals surface area contributed by atoms with E-state index in [1.165, 1.54) is 110 Å². The van der Waals surface area contributed by atoms with Gasteiger partial charge in [-0.1, -0.05) is 175 Å². The molecule has 0 radical (unpaired) electrons. The van der Waals surface area contributed by atoms with E-state index in [4.69, 9.17) is 4.74 Å². The summed E-state index contributed by atoms with van der Waals surface area (Å²) in [5.74, 6) is 0.970. The monoisotopic (exact) mass is 532 g/mol. The lowest BCUT2D eigenvalue weighted by Crippen LogP contribution is -1.97. The van der Waals surface area contributed by atoms with E-state index in [1.54, 1.807) is 0 Å². The lowest BCUT2D eigenvalue weighted by atomic mass is 9.98. The molecule has 0 saturated heterocycles. The normalized spacial score (nSPS) is 11.0. The number of hydrogen-bond donors (Lipinski definition) is 0. The zero-order chi connectivity index (χ0) is 27.7. The standard InChI is InChI=1S/C39H48O/c1-2-3-4-5-6-7-8-9-10-11-12-13-17-32-40-39-30-28-38(29-31-39)37-26-24-36(25-27-37)35-22-20-34(21-23-35)33-18-15-14-16-19-33/h14-16,18-31H,2-13,17,32H2,1H3. The Kier molecular flexibility index (Phi) is 12.9. The minimum atomic E-state index is 0.814. The van der Waals surface area contributed by atoms with Crippen LogP contribution < -0.4 is 4.74 Å². The molecule has 1 heteroatoms. The van der Waals surface area contributed by atoms with Gasteiger partial charge in [-0.2, -0.15) is 0 Å². The molecule has 0 atom stereocenters. The van der Waals surface area contributed by atoms with Crippen molar-refractivity contribution in [3.63, 3.8) is 0 Å². The van der Waals surface area contributed by atoms with Crippen molar-refractivity contribution in [3.05, 3.63) is 103 Å². The molecule has 0 fully saturated rings. The van der Waals surface area contributed by atoms with Gasteiger partial charge in [0.15, 0.2) is 0 Å². The van der Waals surface area contributed by atoms with Crippen molar-refractivity contribution in [3.8, 4) is 39.1 Å². The molecule has 0 aliphatic heterocycles. The van der Waals surface area contributed by atoms with Gasteiger partial charge in [0.1, 0.15) is 5.75 Å². The van der Waals surface area contributed by atoms with E-state index in [9.17, 15) is 0 Å². The van der Waals surface area contributed by atoms with Gasteiger partial charge in [-0.05, 0) is 51.9 Å². The molecule has 0 aliphatic carbocycles. The van der Waals surface area contributed by atoms with E-state index in [1.807, 2.05) is 0 Å². The average Bonchev–Trinajstić information content (AvgIpc) is 3.02. The van der Waals surface area contributed by atoms with Crippen LogP contribution in [0.4, 0.5) is 0 Å². The molecule has 0 heterocycles. The molecule has 210 valence electrons. The first-order valence-corrected chi connectivity index (χ1v) is 15.8. The molecule has 4 aromatic rings. The van der Waals surface area contributed by atoms with Gasteiger partial charge in [0, 0.05) is 0 Å². The summed E-state index contributed by atoms with van der Waals surface area (Å²) in [6, 6.07) is 36.8. The molecule has 0 amide bonds. The second-order valence-corrected chi connectivity index (χ2v) is 11.1. The molecule has 1 nitrogen and oxygen atoms in total. The molecule has 4 aromatic carbocycles. The topological polar surface area (TPSA) is 9.23 Å². The molecule has 0 unspecified atom stereocenters. The van der Waals surface area contributed by atoms with Gasteiger partial charge >= 0.3 is 0 Å². The van der Waals surface area contributed by atoms with E-state index < -0.39 is 0 Å². The molecule has 0 saturated carbocycles. The molecule has 4 rings (SSSR count). The molecular weight excluding hydrogens is 484 g/mol. The van der Waals surface area contributed by atoms with Crippen molar-refractivity contribution in [2.24, 2.45) is 0 Å². The van der Waals surface area contributed by atoms with Crippen LogP contribution >= 0.6 is 0 Å². The van der Waals surface area contributed by atoms with Crippen LogP contribution in [-0.4, -0.2) is 6.61 Å². The quantitative estimate of drug-likeness (QED) is 0.116. The SMILES string of the molecule is CCCCCCCCCCCCCCCOc1ccc(-c2ccc(-c3ccc(-c4ccccc4)cc3)cc2)cc1. The fourth-order valence-electron chi connectivity index (χ4n) is 5.39. The Morgan fingerprint density at radius 1 is 0.350 bits per heavy atom. The third-order valence-electron chi connectivity index (χ3n) is 7.91. The van der Waals surface area contributed by atoms with Crippen LogP contribution in [0.25, 0.3) is 33.4 Å². The van der Waals surface area contributed by atoms with Crippen molar-refractivity contribution in [2.75, 3.05) is 6.61 Å². The molecule has 0 bridgehead atoms.